The van der Waals surface area contributed by atoms with E-state index < -0.39 is 23.8 Å². The van der Waals surface area contributed by atoms with E-state index in [0.29, 0.717) is 0 Å². The van der Waals surface area contributed by atoms with Gasteiger partial charge in [0, 0.05) is 12.1 Å². The first-order valence-corrected chi connectivity index (χ1v) is 5.47. The minimum atomic E-state index is -1.26. The highest BCUT2D eigenvalue weighted by molar-refractivity contribution is 6.36. The van der Waals surface area contributed by atoms with Crippen molar-refractivity contribution in [3.05, 3.63) is 29.6 Å². The minimum Gasteiger partial charge on any atom is -0.477 e. The number of amides is 1. The summed E-state index contributed by atoms with van der Waals surface area (Å²) in [4.78, 5) is 27.1. The molecule has 0 bridgehead atoms. The van der Waals surface area contributed by atoms with Gasteiger partial charge in [0.25, 0.3) is 5.91 Å². The van der Waals surface area contributed by atoms with Crippen LogP contribution in [0.25, 0.3) is 0 Å². The van der Waals surface area contributed by atoms with E-state index in [0.717, 1.165) is 6.07 Å². The summed E-state index contributed by atoms with van der Waals surface area (Å²) in [6, 6.07) is 5.13. The van der Waals surface area contributed by atoms with Crippen LogP contribution in [0.3, 0.4) is 0 Å². The molecule has 2 N–H and O–H groups in total. The van der Waals surface area contributed by atoms with Gasteiger partial charge in [-0.2, -0.15) is 5.26 Å². The number of carboxylic acid groups (broad SMARTS) is 1. The molecule has 0 fully saturated rings. The number of rotatable bonds is 3. The number of hydrogen-bond acceptors (Lipinski definition) is 5. The van der Waals surface area contributed by atoms with E-state index in [1.54, 1.807) is 6.07 Å². The number of hydrogen-bond donors (Lipinski definition) is 2. The molecule has 1 aliphatic heterocycles. The van der Waals surface area contributed by atoms with Gasteiger partial charge >= 0.3 is 5.97 Å². The van der Waals surface area contributed by atoms with E-state index in [1.807, 2.05) is 0 Å². The van der Waals surface area contributed by atoms with Crippen LogP contribution in [0.4, 0.5) is 10.1 Å². The summed E-state index contributed by atoms with van der Waals surface area (Å²) < 4.78 is 13.1. The van der Waals surface area contributed by atoms with Crippen molar-refractivity contribution in [1.29, 1.82) is 5.26 Å². The van der Waals surface area contributed by atoms with Gasteiger partial charge in [0.1, 0.15) is 11.9 Å². The van der Waals surface area contributed by atoms with Crippen LogP contribution in [-0.2, 0) is 14.4 Å². The van der Waals surface area contributed by atoms with Crippen LogP contribution < -0.4 is 5.32 Å². The zero-order valence-corrected chi connectivity index (χ0v) is 9.96. The van der Waals surface area contributed by atoms with Crippen molar-refractivity contribution in [2.24, 2.45) is 5.16 Å². The van der Waals surface area contributed by atoms with Gasteiger partial charge in [-0.3, -0.25) is 4.79 Å². The maximum absolute atomic E-state index is 13.1. The van der Waals surface area contributed by atoms with Crippen LogP contribution in [0.1, 0.15) is 12.0 Å². The molecule has 1 amide bonds. The highest BCUT2D eigenvalue weighted by Crippen LogP contribution is 2.17. The lowest BCUT2D eigenvalue weighted by Crippen LogP contribution is -2.29. The molecule has 102 valence electrons. The van der Waals surface area contributed by atoms with Crippen molar-refractivity contribution in [2.75, 3.05) is 5.32 Å². The standard InChI is InChI=1S/C12H8FN3O4/c13-8-2-1-7(3-6(8)5-14)15-11(17)10-4-9(12(18)19)16-20-10/h1-3,10H,4H2,(H,15,17)(H,18,19). The van der Waals surface area contributed by atoms with Gasteiger partial charge in [-0.1, -0.05) is 5.16 Å². The van der Waals surface area contributed by atoms with Crippen LogP contribution >= 0.6 is 0 Å². The van der Waals surface area contributed by atoms with Crippen LogP contribution in [0.2, 0.25) is 0 Å². The zero-order valence-electron chi connectivity index (χ0n) is 9.96. The number of carbonyl (C=O) groups excluding carboxylic acids is 1. The molecule has 0 saturated carbocycles. The summed E-state index contributed by atoms with van der Waals surface area (Å²) in [6.45, 7) is 0. The van der Waals surface area contributed by atoms with Crippen LogP contribution in [-0.4, -0.2) is 28.8 Å². The molecule has 1 atom stereocenters. The topological polar surface area (TPSA) is 112 Å². The average molecular weight is 277 g/mol. The number of nitrogens with zero attached hydrogens (tertiary/aromatic N) is 2. The Morgan fingerprint density at radius 2 is 2.30 bits per heavy atom. The van der Waals surface area contributed by atoms with E-state index in [1.165, 1.54) is 12.1 Å². The largest absolute Gasteiger partial charge is 0.477 e. The Morgan fingerprint density at radius 1 is 1.55 bits per heavy atom. The van der Waals surface area contributed by atoms with Gasteiger partial charge in [-0.15, -0.1) is 0 Å². The minimum absolute atomic E-state index is 0.159. The molecule has 8 heteroatoms. The van der Waals surface area contributed by atoms with Crippen molar-refractivity contribution in [2.45, 2.75) is 12.5 Å². The Bertz CT molecular complexity index is 651. The molecule has 1 heterocycles. The third kappa shape index (κ3) is 2.72. The van der Waals surface area contributed by atoms with Gasteiger partial charge in [-0.05, 0) is 18.2 Å². The van der Waals surface area contributed by atoms with Crippen molar-refractivity contribution >= 4 is 23.3 Å². The Labute approximate surface area is 112 Å². The molecule has 20 heavy (non-hydrogen) atoms. The fourth-order valence-electron chi connectivity index (χ4n) is 1.56. The molecule has 0 aliphatic carbocycles. The molecular formula is C12H8FN3O4. The molecule has 1 aromatic rings. The molecule has 1 aromatic carbocycles. The third-order valence-corrected chi connectivity index (χ3v) is 2.56. The molecule has 1 unspecified atom stereocenters. The highest BCUT2D eigenvalue weighted by Gasteiger charge is 2.31. The SMILES string of the molecule is N#Cc1cc(NC(=O)C2CC(C(=O)O)=NO2)ccc1F. The fourth-order valence-corrected chi connectivity index (χ4v) is 1.56. The Morgan fingerprint density at radius 3 is 2.90 bits per heavy atom. The van der Waals surface area contributed by atoms with Gasteiger partial charge in [0.15, 0.2) is 5.71 Å². The normalized spacial score (nSPS) is 16.8. The summed E-state index contributed by atoms with van der Waals surface area (Å²) in [5.74, 6) is -2.58. The predicted molar refractivity (Wildman–Crippen MR) is 64.3 cm³/mol. The van der Waals surface area contributed by atoms with Crippen LogP contribution in [0.5, 0.6) is 0 Å². The van der Waals surface area contributed by atoms with E-state index >= 15 is 0 Å². The molecule has 0 aromatic heterocycles. The third-order valence-electron chi connectivity index (χ3n) is 2.56. The van der Waals surface area contributed by atoms with E-state index in [9.17, 15) is 14.0 Å². The van der Waals surface area contributed by atoms with Crippen molar-refractivity contribution in [1.82, 2.24) is 0 Å². The number of oxime groups is 1. The second-order valence-electron chi connectivity index (χ2n) is 3.94. The lowest BCUT2D eigenvalue weighted by Gasteiger charge is -2.09. The fraction of sp³-hybridized carbons (Fsp3) is 0.167. The lowest BCUT2D eigenvalue weighted by molar-refractivity contribution is -0.129. The van der Waals surface area contributed by atoms with Crippen molar-refractivity contribution in [3.63, 3.8) is 0 Å². The summed E-state index contributed by atoms with van der Waals surface area (Å²) in [7, 11) is 0. The quantitative estimate of drug-likeness (QED) is 0.851. The summed E-state index contributed by atoms with van der Waals surface area (Å²) in [5.41, 5.74) is -0.250. The predicted octanol–water partition coefficient (Wildman–Crippen LogP) is 0.865. The van der Waals surface area contributed by atoms with E-state index in [-0.39, 0.29) is 23.4 Å². The zero-order chi connectivity index (χ0) is 14.7. The first kappa shape index (κ1) is 13.5. The number of nitrogens with one attached hydrogen (secondary N) is 1. The maximum atomic E-state index is 13.1. The summed E-state index contributed by atoms with van der Waals surface area (Å²) in [5, 5.41) is 23.0. The number of nitriles is 1. The number of carbonyl (C=O) groups is 2. The lowest BCUT2D eigenvalue weighted by atomic mass is 10.1. The first-order valence-electron chi connectivity index (χ1n) is 5.47. The number of benzene rings is 1. The highest BCUT2D eigenvalue weighted by atomic mass is 19.1. The van der Waals surface area contributed by atoms with E-state index in [2.05, 4.69) is 10.5 Å². The Hall–Kier alpha value is -2.95. The van der Waals surface area contributed by atoms with Gasteiger partial charge < -0.3 is 15.3 Å². The first-order chi connectivity index (χ1) is 9.51. The molecule has 1 aliphatic rings. The number of anilines is 1. The maximum Gasteiger partial charge on any atom is 0.353 e. The molecule has 0 spiro atoms. The van der Waals surface area contributed by atoms with Gasteiger partial charge in [0.05, 0.1) is 5.56 Å². The summed E-state index contributed by atoms with van der Waals surface area (Å²) in [6.07, 6.45) is -1.22. The smallest absolute Gasteiger partial charge is 0.353 e. The monoisotopic (exact) mass is 277 g/mol. The van der Waals surface area contributed by atoms with Gasteiger partial charge in [-0.25, -0.2) is 9.18 Å². The second kappa shape index (κ2) is 5.36. The number of halogens is 1. The molecule has 0 saturated heterocycles. The van der Waals surface area contributed by atoms with Crippen molar-refractivity contribution in [3.8, 4) is 6.07 Å². The summed E-state index contributed by atoms with van der Waals surface area (Å²) >= 11 is 0. The Kier molecular flexibility index (Phi) is 3.61. The van der Waals surface area contributed by atoms with Crippen molar-refractivity contribution < 1.29 is 23.9 Å². The number of aliphatic carboxylic acids is 1. The number of carboxylic acids is 1. The van der Waals surface area contributed by atoms with Gasteiger partial charge in [0.2, 0.25) is 6.10 Å². The van der Waals surface area contributed by atoms with Crippen LogP contribution in [0.15, 0.2) is 23.4 Å². The van der Waals surface area contributed by atoms with Crippen LogP contribution in [0, 0.1) is 17.1 Å². The second-order valence-corrected chi connectivity index (χ2v) is 3.94. The average Bonchev–Trinajstić information content (AvgIpc) is 2.91. The Balaban J connectivity index is 2.03. The van der Waals surface area contributed by atoms with E-state index in [4.69, 9.17) is 15.2 Å². The molecule has 0 radical (unpaired) electrons. The molecule has 2 rings (SSSR count). The molecule has 7 nitrogen and oxygen atoms in total. The molecular weight excluding hydrogens is 269 g/mol.